The highest BCUT2D eigenvalue weighted by molar-refractivity contribution is 6.03. The zero-order valence-corrected chi connectivity index (χ0v) is 22.8. The second-order valence-electron chi connectivity index (χ2n) is 14.1. The Morgan fingerprint density at radius 1 is 0.971 bits per heavy atom. The molecule has 0 saturated heterocycles. The molecule has 0 spiro atoms. The minimum atomic E-state index is -0.138. The molecule has 0 unspecified atom stereocenters. The van der Waals surface area contributed by atoms with Crippen LogP contribution in [0.4, 0.5) is 0 Å². The highest BCUT2D eigenvalue weighted by Gasteiger charge is 2.68. The summed E-state index contributed by atoms with van der Waals surface area (Å²) in [4.78, 5) is 24.9. The van der Waals surface area contributed by atoms with E-state index < -0.39 is 0 Å². The minimum absolute atomic E-state index is 0.00258. The predicted molar refractivity (Wildman–Crippen MR) is 136 cm³/mol. The molecule has 0 radical (unpaired) electrons. The molecule has 34 heavy (non-hydrogen) atoms. The van der Waals surface area contributed by atoms with Crippen LogP contribution in [0.15, 0.2) is 22.8 Å². The van der Waals surface area contributed by atoms with Gasteiger partial charge in [-0.25, -0.2) is 0 Å². The van der Waals surface area contributed by atoms with Crippen LogP contribution >= 0.6 is 0 Å². The summed E-state index contributed by atoms with van der Waals surface area (Å²) in [5, 5.41) is 0. The third-order valence-electron chi connectivity index (χ3n) is 12.1. The van der Waals surface area contributed by atoms with Gasteiger partial charge >= 0.3 is 5.97 Å². The van der Waals surface area contributed by atoms with Crippen LogP contribution < -0.4 is 0 Å². The summed E-state index contributed by atoms with van der Waals surface area (Å²) in [6, 6.07) is 0. The van der Waals surface area contributed by atoms with Gasteiger partial charge < -0.3 is 4.74 Å². The number of ketones is 1. The molecule has 0 aromatic carbocycles. The van der Waals surface area contributed by atoms with Crippen LogP contribution in [0, 0.1) is 45.3 Å². The number of fused-ring (bicyclic) bond motifs is 7. The van der Waals surface area contributed by atoms with Gasteiger partial charge in [0.1, 0.15) is 6.10 Å². The van der Waals surface area contributed by atoms with Gasteiger partial charge in [-0.3, -0.25) is 9.59 Å². The lowest BCUT2D eigenvalue weighted by Crippen LogP contribution is -2.65. The predicted octanol–water partition coefficient (Wildman–Crippen LogP) is 7.45. The Bertz CT molecular complexity index is 983. The number of allylic oxidation sites excluding steroid dienone is 4. The Balaban J connectivity index is 1.54. The summed E-state index contributed by atoms with van der Waals surface area (Å²) >= 11 is 0. The summed E-state index contributed by atoms with van der Waals surface area (Å²) in [6.45, 7) is 18.5. The molecule has 3 nitrogen and oxygen atoms in total. The number of rotatable bonds is 2. The first kappa shape index (κ1) is 24.3. The largest absolute Gasteiger partial charge is 0.462 e. The highest BCUT2D eigenvalue weighted by atomic mass is 16.5. The van der Waals surface area contributed by atoms with Crippen molar-refractivity contribution in [2.75, 3.05) is 0 Å². The maximum Gasteiger partial charge on any atom is 0.302 e. The van der Waals surface area contributed by atoms with E-state index in [4.69, 9.17) is 4.74 Å². The maximum atomic E-state index is 13.0. The quantitative estimate of drug-likeness (QED) is 0.397. The van der Waals surface area contributed by atoms with Gasteiger partial charge in [0, 0.05) is 24.3 Å². The fraction of sp³-hybridized carbons (Fsp3) is 0.806. The second-order valence-corrected chi connectivity index (χ2v) is 14.1. The molecule has 3 heteroatoms. The van der Waals surface area contributed by atoms with Gasteiger partial charge in [-0.05, 0) is 96.0 Å². The second kappa shape index (κ2) is 7.56. The third-order valence-corrected chi connectivity index (χ3v) is 12.1. The number of esters is 1. The highest BCUT2D eigenvalue weighted by Crippen LogP contribution is 2.74. The fourth-order valence-corrected chi connectivity index (χ4v) is 10.4. The van der Waals surface area contributed by atoms with Gasteiger partial charge in [-0.15, -0.1) is 0 Å². The van der Waals surface area contributed by atoms with E-state index in [0.29, 0.717) is 35.9 Å². The molecule has 3 fully saturated rings. The van der Waals surface area contributed by atoms with Gasteiger partial charge in [0.05, 0.1) is 0 Å². The van der Waals surface area contributed by atoms with Crippen molar-refractivity contribution in [1.29, 1.82) is 0 Å². The normalized spacial score (nSPS) is 45.2. The van der Waals surface area contributed by atoms with E-state index in [0.717, 1.165) is 24.8 Å². The third kappa shape index (κ3) is 3.00. The lowest BCUT2D eigenvalue weighted by atomic mass is 9.34. The molecule has 0 N–H and O–H groups in total. The maximum absolute atomic E-state index is 13.0. The molecular weight excluding hydrogens is 420 g/mol. The Morgan fingerprint density at radius 2 is 1.68 bits per heavy atom. The number of carbonyl (C=O) groups excluding carboxylic acids is 2. The van der Waals surface area contributed by atoms with Crippen LogP contribution in [0.3, 0.4) is 0 Å². The van der Waals surface area contributed by atoms with Gasteiger partial charge in [-0.2, -0.15) is 0 Å². The van der Waals surface area contributed by atoms with Crippen molar-refractivity contribution < 1.29 is 14.3 Å². The summed E-state index contributed by atoms with van der Waals surface area (Å²) < 4.78 is 5.87. The van der Waals surface area contributed by atoms with Crippen molar-refractivity contribution in [2.24, 2.45) is 45.3 Å². The first-order valence-corrected chi connectivity index (χ1v) is 13.9. The molecule has 5 aliphatic rings. The molecule has 0 amide bonds. The van der Waals surface area contributed by atoms with E-state index in [1.54, 1.807) is 6.92 Å². The van der Waals surface area contributed by atoms with Crippen molar-refractivity contribution in [3.8, 4) is 0 Å². The average molecular weight is 467 g/mol. The first-order chi connectivity index (χ1) is 15.8. The summed E-state index contributed by atoms with van der Waals surface area (Å²) in [7, 11) is 0. The van der Waals surface area contributed by atoms with E-state index in [1.165, 1.54) is 36.8 Å². The lowest BCUT2D eigenvalue weighted by Gasteiger charge is -2.71. The molecule has 0 aliphatic heterocycles. The van der Waals surface area contributed by atoms with Gasteiger partial charge in [0.25, 0.3) is 0 Å². The number of ether oxygens (including phenoxy) is 1. The van der Waals surface area contributed by atoms with E-state index in [2.05, 4.69) is 54.5 Å². The molecule has 0 aromatic rings. The Morgan fingerprint density at radius 3 is 2.32 bits per heavy atom. The van der Waals surface area contributed by atoms with Crippen LogP contribution in [0.1, 0.15) is 107 Å². The topological polar surface area (TPSA) is 43.4 Å². The van der Waals surface area contributed by atoms with Crippen molar-refractivity contribution in [3.63, 3.8) is 0 Å². The van der Waals surface area contributed by atoms with E-state index >= 15 is 0 Å². The van der Waals surface area contributed by atoms with E-state index in [9.17, 15) is 9.59 Å². The zero-order valence-electron chi connectivity index (χ0n) is 22.8. The Hall–Kier alpha value is -1.38. The SMILES string of the molecule is CC(=O)O[C@H]1CC[C@]2(C)[C@H]3CC[C@@H]4C5=C(C(C)C)C(=O)CC5=CC[C@@]4(C)[C@]3(C)CC[C@H]2C1(C)C. The molecule has 5 rings (SSSR count). The number of hydrogen-bond donors (Lipinski definition) is 0. The van der Waals surface area contributed by atoms with Crippen LogP contribution in [0.25, 0.3) is 0 Å². The molecule has 0 aromatic heterocycles. The first-order valence-electron chi connectivity index (χ1n) is 13.9. The van der Waals surface area contributed by atoms with E-state index in [-0.39, 0.29) is 33.7 Å². The van der Waals surface area contributed by atoms with Gasteiger partial charge in [0.15, 0.2) is 5.78 Å². The van der Waals surface area contributed by atoms with Gasteiger partial charge in [-0.1, -0.05) is 54.5 Å². The Kier molecular flexibility index (Phi) is 5.41. The van der Waals surface area contributed by atoms with Crippen LogP contribution in [0.5, 0.6) is 0 Å². The smallest absolute Gasteiger partial charge is 0.302 e. The standard InChI is InChI=1S/C31H46O3/c1-18(2)26-22(33)17-20-11-15-30(7)21(27(20)26)9-10-24-29(6)14-13-25(34-19(3)32)28(4,5)23(29)12-16-31(24,30)8/h11,18,21,23-25H,9-10,12-17H2,1-8H3/t21-,23+,24-,25+,29+,30-,31-/m1/s1. The van der Waals surface area contributed by atoms with Crippen LogP contribution in [-0.2, 0) is 14.3 Å². The summed E-state index contributed by atoms with van der Waals surface area (Å²) in [6.07, 6.45) is 11.3. The number of carbonyl (C=O) groups is 2. The molecule has 3 saturated carbocycles. The van der Waals surface area contributed by atoms with E-state index in [1.807, 2.05) is 0 Å². The minimum Gasteiger partial charge on any atom is -0.462 e. The Labute approximate surface area is 207 Å². The van der Waals surface area contributed by atoms with Crippen LogP contribution in [-0.4, -0.2) is 17.9 Å². The summed E-state index contributed by atoms with van der Waals surface area (Å²) in [5.74, 6) is 2.32. The molecule has 0 bridgehead atoms. The lowest BCUT2D eigenvalue weighted by molar-refractivity contribution is -0.226. The van der Waals surface area contributed by atoms with Crippen LogP contribution in [0.2, 0.25) is 0 Å². The van der Waals surface area contributed by atoms with Gasteiger partial charge in [0.2, 0.25) is 0 Å². The van der Waals surface area contributed by atoms with Crippen molar-refractivity contribution >= 4 is 11.8 Å². The monoisotopic (exact) mass is 466 g/mol. The molecule has 7 atom stereocenters. The molecular formula is C31H46O3. The zero-order chi connectivity index (χ0) is 24.8. The fourth-order valence-electron chi connectivity index (χ4n) is 10.4. The number of hydrogen-bond acceptors (Lipinski definition) is 3. The van der Waals surface area contributed by atoms with Crippen molar-refractivity contribution in [1.82, 2.24) is 0 Å². The number of Topliss-reactive ketones (excluding diaryl/α,β-unsaturated/α-hetero) is 1. The average Bonchev–Trinajstić information content (AvgIpc) is 3.06. The summed E-state index contributed by atoms with van der Waals surface area (Å²) in [5.41, 5.74) is 4.69. The van der Waals surface area contributed by atoms with Crippen molar-refractivity contribution in [3.05, 3.63) is 22.8 Å². The molecule has 188 valence electrons. The molecule has 5 aliphatic carbocycles. The van der Waals surface area contributed by atoms with Crippen molar-refractivity contribution in [2.45, 2.75) is 113 Å². The molecule has 0 heterocycles.